The topological polar surface area (TPSA) is 39.2 Å². The van der Waals surface area contributed by atoms with Gasteiger partial charge in [0.1, 0.15) is 16.6 Å². The number of aromatic nitrogens is 1. The molecule has 128 valence electrons. The maximum atomic E-state index is 13.0. The second-order valence-corrected chi connectivity index (χ2v) is 6.64. The first-order valence-corrected chi connectivity index (χ1v) is 8.96. The van der Waals surface area contributed by atoms with Gasteiger partial charge in [-0.15, -0.1) is 11.3 Å². The molecule has 0 unspecified atom stereocenters. The van der Waals surface area contributed by atoms with Gasteiger partial charge in [-0.05, 0) is 35.7 Å². The van der Waals surface area contributed by atoms with Crippen LogP contribution in [0.4, 0.5) is 4.39 Å². The van der Waals surface area contributed by atoms with Gasteiger partial charge in [0, 0.05) is 16.3 Å². The monoisotopic (exact) mass is 363 g/mol. The Bertz CT molecular complexity index is 1070. The summed E-state index contributed by atoms with van der Waals surface area (Å²) in [6, 6.07) is 19.5. The second-order valence-electron chi connectivity index (χ2n) is 5.78. The Morgan fingerprint density at radius 2 is 1.77 bits per heavy atom. The Kier molecular flexibility index (Phi) is 4.46. The third kappa shape index (κ3) is 3.48. The molecule has 0 aliphatic carbocycles. The summed E-state index contributed by atoms with van der Waals surface area (Å²) in [6.45, 7) is 0. The predicted octanol–water partition coefficient (Wildman–Crippen LogP) is 5.25. The molecular formula is C21H14FNO2S. The lowest BCUT2D eigenvalue weighted by Crippen LogP contribution is -2.11. The molecule has 5 heteroatoms. The summed E-state index contributed by atoms with van der Waals surface area (Å²) in [7, 11) is 0. The van der Waals surface area contributed by atoms with E-state index in [9.17, 15) is 9.18 Å². The minimum Gasteiger partial charge on any atom is -0.426 e. The minimum atomic E-state index is -0.364. The van der Waals surface area contributed by atoms with Crippen LogP contribution in [0.15, 0.2) is 72.1 Å². The van der Waals surface area contributed by atoms with Crippen LogP contribution in [-0.2, 0) is 11.2 Å². The van der Waals surface area contributed by atoms with Crippen LogP contribution in [0.3, 0.4) is 0 Å². The number of rotatable bonds is 4. The average molecular weight is 363 g/mol. The Morgan fingerprint density at radius 3 is 2.62 bits per heavy atom. The van der Waals surface area contributed by atoms with Crippen LogP contribution >= 0.6 is 11.3 Å². The number of esters is 1. The van der Waals surface area contributed by atoms with Crippen molar-refractivity contribution in [1.29, 1.82) is 0 Å². The zero-order valence-electron chi connectivity index (χ0n) is 13.7. The summed E-state index contributed by atoms with van der Waals surface area (Å²) in [6.07, 6.45) is 0.0842. The van der Waals surface area contributed by atoms with Crippen LogP contribution in [0.2, 0.25) is 0 Å². The Labute approximate surface area is 153 Å². The molecule has 0 saturated heterocycles. The molecule has 26 heavy (non-hydrogen) atoms. The summed E-state index contributed by atoms with van der Waals surface area (Å²) >= 11 is 1.42. The quantitative estimate of drug-likeness (QED) is 0.367. The molecule has 1 heterocycles. The number of halogens is 1. The van der Waals surface area contributed by atoms with Crippen molar-refractivity contribution in [3.05, 3.63) is 83.6 Å². The number of carbonyl (C=O) groups excluding carboxylic acids is 1. The van der Waals surface area contributed by atoms with Crippen LogP contribution in [0.5, 0.6) is 5.75 Å². The van der Waals surface area contributed by atoms with E-state index in [1.54, 1.807) is 18.2 Å². The number of fused-ring (bicyclic) bond motifs is 1. The van der Waals surface area contributed by atoms with Gasteiger partial charge in [0.05, 0.1) is 12.1 Å². The van der Waals surface area contributed by atoms with E-state index < -0.39 is 0 Å². The summed E-state index contributed by atoms with van der Waals surface area (Å²) in [5.74, 6) is -0.108. The number of nitrogens with zero attached hydrogens (tertiary/aromatic N) is 1. The van der Waals surface area contributed by atoms with Gasteiger partial charge < -0.3 is 4.74 Å². The van der Waals surface area contributed by atoms with E-state index in [-0.39, 0.29) is 18.2 Å². The first-order valence-electron chi connectivity index (χ1n) is 8.08. The fraction of sp³-hybridized carbons (Fsp3) is 0.0476. The zero-order chi connectivity index (χ0) is 17.9. The molecule has 3 nitrogen and oxygen atoms in total. The molecule has 3 aromatic carbocycles. The van der Waals surface area contributed by atoms with Gasteiger partial charge in [-0.1, -0.05) is 36.4 Å². The van der Waals surface area contributed by atoms with Crippen molar-refractivity contribution in [1.82, 2.24) is 4.98 Å². The molecule has 0 radical (unpaired) electrons. The molecule has 0 atom stereocenters. The highest BCUT2D eigenvalue weighted by Gasteiger charge is 2.12. The molecule has 0 N–H and O–H groups in total. The van der Waals surface area contributed by atoms with E-state index in [0.717, 1.165) is 21.3 Å². The highest BCUT2D eigenvalue weighted by molar-refractivity contribution is 7.13. The second kappa shape index (κ2) is 7.06. The van der Waals surface area contributed by atoms with Crippen molar-refractivity contribution in [2.75, 3.05) is 0 Å². The van der Waals surface area contributed by atoms with Crippen molar-refractivity contribution >= 4 is 28.1 Å². The number of benzene rings is 3. The van der Waals surface area contributed by atoms with Crippen LogP contribution in [0, 0.1) is 5.82 Å². The summed E-state index contributed by atoms with van der Waals surface area (Å²) < 4.78 is 18.6. The number of hydrogen-bond donors (Lipinski definition) is 0. The molecule has 0 saturated carbocycles. The third-order valence-corrected chi connectivity index (χ3v) is 4.88. The molecule has 0 spiro atoms. The van der Waals surface area contributed by atoms with Crippen LogP contribution in [-0.4, -0.2) is 11.0 Å². The fourth-order valence-electron chi connectivity index (χ4n) is 2.70. The Balaban J connectivity index is 1.49. The molecular weight excluding hydrogens is 349 g/mol. The molecule has 0 fully saturated rings. The normalized spacial score (nSPS) is 10.8. The minimum absolute atomic E-state index is 0.0842. The standard InChI is InChI=1S/C21H14FNO2S/c22-16-10-8-15(9-11-16)21-23-17(13-26-21)12-20(24)25-19-7-3-5-14-4-1-2-6-18(14)19/h1-11,13H,12H2. The van der Waals surface area contributed by atoms with E-state index in [1.165, 1.54) is 23.5 Å². The number of carbonyl (C=O) groups is 1. The zero-order valence-corrected chi connectivity index (χ0v) is 14.5. The molecule has 4 aromatic rings. The molecule has 0 aliphatic rings. The van der Waals surface area contributed by atoms with Gasteiger partial charge in [0.15, 0.2) is 0 Å². The highest BCUT2D eigenvalue weighted by atomic mass is 32.1. The lowest BCUT2D eigenvalue weighted by molar-refractivity contribution is -0.133. The number of hydrogen-bond acceptors (Lipinski definition) is 4. The molecule has 0 amide bonds. The molecule has 4 rings (SSSR count). The van der Waals surface area contributed by atoms with Crippen LogP contribution < -0.4 is 4.74 Å². The van der Waals surface area contributed by atoms with Crippen molar-refractivity contribution in [3.63, 3.8) is 0 Å². The SMILES string of the molecule is O=C(Cc1csc(-c2ccc(F)cc2)n1)Oc1cccc2ccccc12. The lowest BCUT2D eigenvalue weighted by atomic mass is 10.1. The van der Waals surface area contributed by atoms with E-state index in [0.29, 0.717) is 11.4 Å². The number of thiazole rings is 1. The first kappa shape index (κ1) is 16.4. The van der Waals surface area contributed by atoms with Crippen molar-refractivity contribution in [2.24, 2.45) is 0 Å². The van der Waals surface area contributed by atoms with E-state index in [2.05, 4.69) is 4.98 Å². The van der Waals surface area contributed by atoms with Crippen LogP contribution in [0.25, 0.3) is 21.3 Å². The van der Waals surface area contributed by atoms with Gasteiger partial charge >= 0.3 is 5.97 Å². The summed E-state index contributed by atoms with van der Waals surface area (Å²) in [5.41, 5.74) is 1.46. The summed E-state index contributed by atoms with van der Waals surface area (Å²) in [4.78, 5) is 16.8. The first-order chi connectivity index (χ1) is 12.7. The average Bonchev–Trinajstić information content (AvgIpc) is 3.11. The van der Waals surface area contributed by atoms with Crippen molar-refractivity contribution in [3.8, 4) is 16.3 Å². The van der Waals surface area contributed by atoms with Gasteiger partial charge in [-0.2, -0.15) is 0 Å². The molecule has 0 bridgehead atoms. The third-order valence-electron chi connectivity index (χ3n) is 3.94. The lowest BCUT2D eigenvalue weighted by Gasteiger charge is -2.07. The van der Waals surface area contributed by atoms with Crippen LogP contribution in [0.1, 0.15) is 5.69 Å². The molecule has 0 aliphatic heterocycles. The van der Waals surface area contributed by atoms with Crippen molar-refractivity contribution < 1.29 is 13.9 Å². The Morgan fingerprint density at radius 1 is 1.00 bits per heavy atom. The van der Waals surface area contributed by atoms with Gasteiger partial charge in [-0.3, -0.25) is 4.79 Å². The fourth-order valence-corrected chi connectivity index (χ4v) is 3.53. The van der Waals surface area contributed by atoms with Gasteiger partial charge in [-0.25, -0.2) is 9.37 Å². The molecule has 1 aromatic heterocycles. The maximum Gasteiger partial charge on any atom is 0.317 e. The van der Waals surface area contributed by atoms with E-state index >= 15 is 0 Å². The Hall–Kier alpha value is -3.05. The number of ether oxygens (including phenoxy) is 1. The van der Waals surface area contributed by atoms with Crippen molar-refractivity contribution in [2.45, 2.75) is 6.42 Å². The maximum absolute atomic E-state index is 13.0. The summed E-state index contributed by atoms with van der Waals surface area (Å²) in [5, 5.41) is 4.49. The predicted molar refractivity (Wildman–Crippen MR) is 101 cm³/mol. The van der Waals surface area contributed by atoms with Gasteiger partial charge in [0.2, 0.25) is 0 Å². The highest BCUT2D eigenvalue weighted by Crippen LogP contribution is 2.27. The largest absolute Gasteiger partial charge is 0.426 e. The van der Waals surface area contributed by atoms with Gasteiger partial charge in [0.25, 0.3) is 0 Å². The smallest absolute Gasteiger partial charge is 0.317 e. The van der Waals surface area contributed by atoms with E-state index in [4.69, 9.17) is 4.74 Å². The van der Waals surface area contributed by atoms with E-state index in [1.807, 2.05) is 41.8 Å².